The Morgan fingerprint density at radius 3 is 2.04 bits per heavy atom. The number of nitrogens with zero attached hydrogens (tertiary/aromatic N) is 1. The summed E-state index contributed by atoms with van der Waals surface area (Å²) in [6, 6.07) is 9.27. The Hall–Kier alpha value is -2.57. The number of esters is 2. The zero-order valence-corrected chi connectivity index (χ0v) is 13.8. The fourth-order valence-corrected chi connectivity index (χ4v) is 2.73. The van der Waals surface area contributed by atoms with Crippen molar-refractivity contribution in [2.75, 3.05) is 27.3 Å². The molecule has 1 saturated heterocycles. The van der Waals surface area contributed by atoms with Gasteiger partial charge < -0.3 is 19.1 Å². The molecule has 1 aromatic rings. The predicted octanol–water partition coefficient (Wildman–Crippen LogP) is 1.61. The molecule has 0 saturated carbocycles. The minimum Gasteiger partial charge on any atom is -0.469 e. The Morgan fingerprint density at radius 2 is 1.54 bits per heavy atom. The Balaban J connectivity index is 2.01. The Labute approximate surface area is 140 Å². The van der Waals surface area contributed by atoms with Crippen molar-refractivity contribution in [2.45, 2.75) is 13.0 Å². The van der Waals surface area contributed by atoms with Gasteiger partial charge in [-0.2, -0.15) is 0 Å². The van der Waals surface area contributed by atoms with Gasteiger partial charge in [0.15, 0.2) is 0 Å². The topological polar surface area (TPSA) is 82.1 Å². The molecular weight excluding hydrogens is 314 g/mol. The molecule has 0 bridgehead atoms. The first-order chi connectivity index (χ1) is 11.5. The number of hydrogen-bond acceptors (Lipinski definition) is 6. The number of benzene rings is 1. The highest BCUT2D eigenvalue weighted by Gasteiger charge is 2.38. The molecule has 2 rings (SSSR count). The second kappa shape index (κ2) is 8.33. The summed E-state index contributed by atoms with van der Waals surface area (Å²) in [6.07, 6.45) is -0.275. The minimum absolute atomic E-state index is 0.127. The first kappa shape index (κ1) is 17.8. The normalized spacial score (nSPS) is 20.2. The molecule has 1 heterocycles. The summed E-state index contributed by atoms with van der Waals surface area (Å²) < 4.78 is 14.8. The SMILES string of the molecule is COC(=O)[C@@H]1C[C@@H](C(=O)OC)CN(C(=O)OCc2ccccc2)C1. The summed E-state index contributed by atoms with van der Waals surface area (Å²) in [5.74, 6) is -2.05. The van der Waals surface area contributed by atoms with Crippen molar-refractivity contribution in [2.24, 2.45) is 11.8 Å². The molecule has 1 amide bonds. The van der Waals surface area contributed by atoms with E-state index in [1.165, 1.54) is 19.1 Å². The van der Waals surface area contributed by atoms with Gasteiger partial charge in [-0.1, -0.05) is 30.3 Å². The van der Waals surface area contributed by atoms with Gasteiger partial charge >= 0.3 is 18.0 Å². The van der Waals surface area contributed by atoms with E-state index < -0.39 is 29.9 Å². The summed E-state index contributed by atoms with van der Waals surface area (Å²) >= 11 is 0. The Kier molecular flexibility index (Phi) is 6.17. The molecular formula is C17H21NO6. The standard InChI is InChI=1S/C17H21NO6/c1-22-15(19)13-8-14(16(20)23-2)10-18(9-13)17(21)24-11-12-6-4-3-5-7-12/h3-7,13-14H,8-11H2,1-2H3/t13-,14-/m1/s1. The lowest BCUT2D eigenvalue weighted by atomic mass is 9.89. The van der Waals surface area contributed by atoms with E-state index in [-0.39, 0.29) is 19.7 Å². The number of amides is 1. The molecule has 7 heteroatoms. The molecule has 2 atom stereocenters. The fourth-order valence-electron chi connectivity index (χ4n) is 2.73. The molecule has 0 aromatic heterocycles. The Morgan fingerprint density at radius 1 is 1.00 bits per heavy atom. The van der Waals surface area contributed by atoms with E-state index in [4.69, 9.17) is 14.2 Å². The Bertz CT molecular complexity index is 564. The van der Waals surface area contributed by atoms with Crippen LogP contribution in [-0.2, 0) is 30.4 Å². The van der Waals surface area contributed by atoms with Crippen LogP contribution in [0.4, 0.5) is 4.79 Å². The zero-order chi connectivity index (χ0) is 17.5. The maximum Gasteiger partial charge on any atom is 0.410 e. The van der Waals surface area contributed by atoms with E-state index in [1.807, 2.05) is 30.3 Å². The molecule has 1 aliphatic heterocycles. The highest BCUT2D eigenvalue weighted by atomic mass is 16.6. The quantitative estimate of drug-likeness (QED) is 0.614. The summed E-state index contributed by atoms with van der Waals surface area (Å²) in [7, 11) is 2.56. The van der Waals surface area contributed by atoms with Crippen LogP contribution < -0.4 is 0 Å². The maximum atomic E-state index is 12.3. The highest BCUT2D eigenvalue weighted by molar-refractivity contribution is 5.79. The van der Waals surface area contributed by atoms with Gasteiger partial charge in [0.25, 0.3) is 0 Å². The van der Waals surface area contributed by atoms with Crippen molar-refractivity contribution < 1.29 is 28.6 Å². The number of likely N-dealkylation sites (tertiary alicyclic amines) is 1. The van der Waals surface area contributed by atoms with Crippen molar-refractivity contribution in [3.8, 4) is 0 Å². The first-order valence-corrected chi connectivity index (χ1v) is 7.66. The van der Waals surface area contributed by atoms with E-state index in [1.54, 1.807) is 0 Å². The summed E-state index contributed by atoms with van der Waals surface area (Å²) in [6.45, 7) is 0.448. The number of rotatable bonds is 4. The molecule has 0 aliphatic carbocycles. The molecule has 1 aromatic carbocycles. The van der Waals surface area contributed by atoms with Crippen molar-refractivity contribution >= 4 is 18.0 Å². The number of carbonyl (C=O) groups is 3. The molecule has 1 fully saturated rings. The zero-order valence-electron chi connectivity index (χ0n) is 13.8. The second-order valence-corrected chi connectivity index (χ2v) is 5.62. The van der Waals surface area contributed by atoms with E-state index >= 15 is 0 Å². The fraction of sp³-hybridized carbons (Fsp3) is 0.471. The van der Waals surface area contributed by atoms with Crippen LogP contribution in [0.2, 0.25) is 0 Å². The molecule has 1 aliphatic rings. The van der Waals surface area contributed by atoms with Crippen LogP contribution in [0.15, 0.2) is 30.3 Å². The van der Waals surface area contributed by atoms with Gasteiger partial charge in [-0.05, 0) is 12.0 Å². The van der Waals surface area contributed by atoms with E-state index in [0.29, 0.717) is 6.42 Å². The summed E-state index contributed by atoms with van der Waals surface area (Å²) in [5, 5.41) is 0. The largest absolute Gasteiger partial charge is 0.469 e. The van der Waals surface area contributed by atoms with E-state index in [0.717, 1.165) is 5.56 Å². The molecule has 0 spiro atoms. The lowest BCUT2D eigenvalue weighted by Crippen LogP contribution is -2.48. The maximum absolute atomic E-state index is 12.3. The van der Waals surface area contributed by atoms with Gasteiger partial charge in [0.1, 0.15) is 6.61 Å². The van der Waals surface area contributed by atoms with Crippen LogP contribution in [-0.4, -0.2) is 50.2 Å². The van der Waals surface area contributed by atoms with Crippen molar-refractivity contribution in [3.05, 3.63) is 35.9 Å². The average Bonchev–Trinajstić information content (AvgIpc) is 2.65. The molecule has 0 unspecified atom stereocenters. The molecule has 7 nitrogen and oxygen atoms in total. The first-order valence-electron chi connectivity index (χ1n) is 7.66. The number of hydrogen-bond donors (Lipinski definition) is 0. The van der Waals surface area contributed by atoms with Gasteiger partial charge in [-0.25, -0.2) is 4.79 Å². The smallest absolute Gasteiger partial charge is 0.410 e. The van der Waals surface area contributed by atoms with Crippen molar-refractivity contribution in [3.63, 3.8) is 0 Å². The number of piperidine rings is 1. The van der Waals surface area contributed by atoms with Crippen LogP contribution in [0.5, 0.6) is 0 Å². The lowest BCUT2D eigenvalue weighted by Gasteiger charge is -2.34. The molecule has 0 N–H and O–H groups in total. The van der Waals surface area contributed by atoms with Crippen LogP contribution in [0.1, 0.15) is 12.0 Å². The third-order valence-electron chi connectivity index (χ3n) is 3.98. The van der Waals surface area contributed by atoms with Gasteiger partial charge in [0.05, 0.1) is 26.1 Å². The average molecular weight is 335 g/mol. The monoisotopic (exact) mass is 335 g/mol. The van der Waals surface area contributed by atoms with Crippen LogP contribution in [0.25, 0.3) is 0 Å². The van der Waals surface area contributed by atoms with Gasteiger partial charge in [0.2, 0.25) is 0 Å². The van der Waals surface area contributed by atoms with Gasteiger partial charge in [-0.15, -0.1) is 0 Å². The third kappa shape index (κ3) is 4.47. The minimum atomic E-state index is -0.572. The molecule has 24 heavy (non-hydrogen) atoms. The second-order valence-electron chi connectivity index (χ2n) is 5.62. The van der Waals surface area contributed by atoms with Gasteiger partial charge in [0, 0.05) is 13.1 Å². The number of methoxy groups -OCH3 is 2. The van der Waals surface area contributed by atoms with Crippen LogP contribution in [0, 0.1) is 11.8 Å². The third-order valence-corrected chi connectivity index (χ3v) is 3.98. The van der Waals surface area contributed by atoms with Crippen LogP contribution >= 0.6 is 0 Å². The molecule has 0 radical (unpaired) electrons. The molecule has 130 valence electrons. The van der Waals surface area contributed by atoms with Gasteiger partial charge in [-0.3, -0.25) is 9.59 Å². The van der Waals surface area contributed by atoms with E-state index in [9.17, 15) is 14.4 Å². The lowest BCUT2D eigenvalue weighted by molar-refractivity contribution is -0.153. The van der Waals surface area contributed by atoms with Crippen LogP contribution in [0.3, 0.4) is 0 Å². The number of ether oxygens (including phenoxy) is 3. The van der Waals surface area contributed by atoms with Crippen molar-refractivity contribution in [1.29, 1.82) is 0 Å². The van der Waals surface area contributed by atoms with Crippen molar-refractivity contribution in [1.82, 2.24) is 4.90 Å². The highest BCUT2D eigenvalue weighted by Crippen LogP contribution is 2.24. The summed E-state index contributed by atoms with van der Waals surface area (Å²) in [4.78, 5) is 37.3. The predicted molar refractivity (Wildman–Crippen MR) is 83.8 cm³/mol. The number of carbonyl (C=O) groups excluding carboxylic acids is 3. The van der Waals surface area contributed by atoms with E-state index in [2.05, 4.69) is 0 Å². The summed E-state index contributed by atoms with van der Waals surface area (Å²) in [5.41, 5.74) is 0.858.